The Labute approximate surface area is 150 Å². The molecule has 1 aromatic heterocycles. The molecule has 4 rings (SSSR count). The van der Waals surface area contributed by atoms with Crippen LogP contribution in [0.2, 0.25) is 0 Å². The first-order valence-corrected chi connectivity index (χ1v) is 8.40. The van der Waals surface area contributed by atoms with E-state index < -0.39 is 0 Å². The summed E-state index contributed by atoms with van der Waals surface area (Å²) in [6, 6.07) is 13.2. The van der Waals surface area contributed by atoms with Gasteiger partial charge in [0.25, 0.3) is 0 Å². The van der Waals surface area contributed by atoms with Crippen molar-refractivity contribution < 1.29 is 14.9 Å². The monoisotopic (exact) mass is 349 g/mol. The van der Waals surface area contributed by atoms with Crippen molar-refractivity contribution in [3.63, 3.8) is 0 Å². The number of hydrogen-bond acceptors (Lipinski definition) is 5. The number of benzene rings is 2. The summed E-state index contributed by atoms with van der Waals surface area (Å²) < 4.78 is 7.49. The molecule has 0 saturated heterocycles. The lowest BCUT2D eigenvalue weighted by molar-refractivity contribution is 0.271. The Morgan fingerprint density at radius 2 is 1.96 bits per heavy atom. The normalized spacial score (nSPS) is 15.1. The van der Waals surface area contributed by atoms with E-state index in [0.717, 1.165) is 16.7 Å². The van der Waals surface area contributed by atoms with Crippen molar-refractivity contribution in [3.8, 4) is 17.4 Å². The summed E-state index contributed by atoms with van der Waals surface area (Å²) in [4.78, 5) is 4.35. The van der Waals surface area contributed by atoms with E-state index in [1.54, 1.807) is 16.7 Å². The predicted octanol–water partition coefficient (Wildman–Crippen LogP) is 2.65. The maximum atomic E-state index is 9.83. The largest absolute Gasteiger partial charge is 0.508 e. The zero-order valence-corrected chi connectivity index (χ0v) is 14.3. The summed E-state index contributed by atoms with van der Waals surface area (Å²) in [5.41, 5.74) is 3.95. The minimum absolute atomic E-state index is 0.0719. The van der Waals surface area contributed by atoms with Gasteiger partial charge in [-0.3, -0.25) is 5.41 Å². The Morgan fingerprint density at radius 3 is 2.69 bits per heavy atom. The standard InChI is InChI=1S/C20H19N3O3/c1-12-2-4-13(5-3-12)17-15-7-6-14(25)10-16(15)26-20-18(17)19(21)23(8-9-24)11-22-20/h2-7,10-11,17,21,24-25H,8-9H2,1H3/t17-/m0/s1. The third-order valence-electron chi connectivity index (χ3n) is 4.64. The zero-order chi connectivity index (χ0) is 18.3. The maximum Gasteiger partial charge on any atom is 0.228 e. The highest BCUT2D eigenvalue weighted by atomic mass is 16.5. The van der Waals surface area contributed by atoms with E-state index >= 15 is 0 Å². The van der Waals surface area contributed by atoms with Crippen molar-refractivity contribution in [2.24, 2.45) is 0 Å². The number of phenols is 1. The maximum absolute atomic E-state index is 9.83. The lowest BCUT2D eigenvalue weighted by Crippen LogP contribution is -2.30. The van der Waals surface area contributed by atoms with Gasteiger partial charge in [0.1, 0.15) is 23.3 Å². The third kappa shape index (κ3) is 2.64. The molecule has 0 bridgehead atoms. The van der Waals surface area contributed by atoms with Crippen LogP contribution in [0.4, 0.5) is 0 Å². The van der Waals surface area contributed by atoms with Gasteiger partial charge < -0.3 is 19.5 Å². The molecule has 2 heterocycles. The van der Waals surface area contributed by atoms with Crippen molar-refractivity contribution >= 4 is 0 Å². The second-order valence-electron chi connectivity index (χ2n) is 6.40. The van der Waals surface area contributed by atoms with Crippen LogP contribution in [0, 0.1) is 12.3 Å². The highest BCUT2D eigenvalue weighted by Gasteiger charge is 2.32. The van der Waals surface area contributed by atoms with Crippen LogP contribution in [0.5, 0.6) is 17.4 Å². The van der Waals surface area contributed by atoms with Gasteiger partial charge >= 0.3 is 0 Å². The summed E-state index contributed by atoms with van der Waals surface area (Å²) >= 11 is 0. The van der Waals surface area contributed by atoms with Crippen LogP contribution in [0.25, 0.3) is 0 Å². The molecule has 6 heteroatoms. The van der Waals surface area contributed by atoms with Crippen molar-refractivity contribution in [2.45, 2.75) is 19.4 Å². The Morgan fingerprint density at radius 1 is 1.19 bits per heavy atom. The van der Waals surface area contributed by atoms with Crippen LogP contribution >= 0.6 is 0 Å². The van der Waals surface area contributed by atoms with Crippen molar-refractivity contribution in [1.29, 1.82) is 5.41 Å². The molecule has 0 spiro atoms. The summed E-state index contributed by atoms with van der Waals surface area (Å²) in [5, 5.41) is 27.7. The highest BCUT2D eigenvalue weighted by Crippen LogP contribution is 2.45. The van der Waals surface area contributed by atoms with Gasteiger partial charge in [-0.15, -0.1) is 0 Å². The number of fused-ring (bicyclic) bond motifs is 2. The molecule has 0 unspecified atom stereocenters. The predicted molar refractivity (Wildman–Crippen MR) is 95.5 cm³/mol. The van der Waals surface area contributed by atoms with Crippen molar-refractivity contribution in [2.75, 3.05) is 6.61 Å². The molecule has 132 valence electrons. The van der Waals surface area contributed by atoms with E-state index in [9.17, 15) is 10.2 Å². The number of aliphatic hydroxyl groups excluding tert-OH is 1. The van der Waals surface area contributed by atoms with Gasteiger partial charge in [-0.1, -0.05) is 35.9 Å². The summed E-state index contributed by atoms with van der Waals surface area (Å²) in [5.74, 6) is 0.774. The number of rotatable bonds is 3. The van der Waals surface area contributed by atoms with E-state index in [1.807, 2.05) is 37.3 Å². The molecule has 2 aromatic carbocycles. The third-order valence-corrected chi connectivity index (χ3v) is 4.64. The number of hydrogen-bond donors (Lipinski definition) is 3. The van der Waals surface area contributed by atoms with Gasteiger partial charge in [0.15, 0.2) is 0 Å². The van der Waals surface area contributed by atoms with Crippen LogP contribution < -0.4 is 10.2 Å². The quantitative estimate of drug-likeness (QED) is 0.530. The number of nitrogens with one attached hydrogen (secondary N) is 1. The van der Waals surface area contributed by atoms with Crippen molar-refractivity contribution in [1.82, 2.24) is 9.55 Å². The lowest BCUT2D eigenvalue weighted by atomic mass is 9.83. The molecule has 1 aliphatic rings. The molecular weight excluding hydrogens is 330 g/mol. The highest BCUT2D eigenvalue weighted by molar-refractivity contribution is 5.57. The van der Waals surface area contributed by atoms with Gasteiger partial charge in [-0.2, -0.15) is 0 Å². The molecule has 3 N–H and O–H groups in total. The molecule has 1 aliphatic heterocycles. The van der Waals surface area contributed by atoms with E-state index in [0.29, 0.717) is 23.7 Å². The first kappa shape index (κ1) is 16.4. The Hall–Kier alpha value is -3.12. The van der Waals surface area contributed by atoms with Crippen LogP contribution in [-0.4, -0.2) is 26.4 Å². The first-order valence-electron chi connectivity index (χ1n) is 8.40. The number of phenolic OH excluding ortho intramolecular Hbond substituents is 1. The molecule has 0 fully saturated rings. The second kappa shape index (κ2) is 6.31. The van der Waals surface area contributed by atoms with E-state index in [-0.39, 0.29) is 23.8 Å². The minimum atomic E-state index is -0.235. The van der Waals surface area contributed by atoms with Crippen LogP contribution in [0.3, 0.4) is 0 Å². The van der Waals surface area contributed by atoms with E-state index in [4.69, 9.17) is 10.1 Å². The molecule has 26 heavy (non-hydrogen) atoms. The van der Waals surface area contributed by atoms with E-state index in [2.05, 4.69) is 4.98 Å². The van der Waals surface area contributed by atoms with E-state index in [1.165, 1.54) is 6.33 Å². The average Bonchev–Trinajstić information content (AvgIpc) is 2.63. The number of aryl methyl sites for hydroxylation is 1. The number of aromatic hydroxyl groups is 1. The van der Waals surface area contributed by atoms with Crippen LogP contribution in [0.1, 0.15) is 28.2 Å². The van der Waals surface area contributed by atoms with Crippen LogP contribution in [0.15, 0.2) is 48.8 Å². The Kier molecular flexibility index (Phi) is 3.97. The van der Waals surface area contributed by atoms with Gasteiger partial charge in [-0.25, -0.2) is 4.98 Å². The number of aromatic nitrogens is 2. The Balaban J connectivity index is 1.98. The smallest absolute Gasteiger partial charge is 0.228 e. The molecular formula is C20H19N3O3. The SMILES string of the molecule is Cc1ccc([C@H]2c3ccc(O)cc3Oc3ncn(CCO)c(=N)c32)cc1. The molecule has 0 saturated carbocycles. The second-order valence-corrected chi connectivity index (χ2v) is 6.40. The summed E-state index contributed by atoms with van der Waals surface area (Å²) in [6.07, 6.45) is 1.50. The van der Waals surface area contributed by atoms with Gasteiger partial charge in [0.05, 0.1) is 12.2 Å². The fourth-order valence-electron chi connectivity index (χ4n) is 3.34. The topological polar surface area (TPSA) is 91.4 Å². The number of aliphatic hydroxyl groups is 1. The minimum Gasteiger partial charge on any atom is -0.508 e. The van der Waals surface area contributed by atoms with Crippen LogP contribution in [-0.2, 0) is 6.54 Å². The molecule has 3 aromatic rings. The fraction of sp³-hybridized carbons (Fsp3) is 0.200. The van der Waals surface area contributed by atoms with Gasteiger partial charge in [-0.05, 0) is 18.6 Å². The Bertz CT molecular complexity index is 1030. The number of nitrogens with zero attached hydrogens (tertiary/aromatic N) is 2. The number of ether oxygens (including phenoxy) is 1. The summed E-state index contributed by atoms with van der Waals surface area (Å²) in [7, 11) is 0. The summed E-state index contributed by atoms with van der Waals surface area (Å²) in [6.45, 7) is 2.25. The van der Waals surface area contributed by atoms with Gasteiger partial charge in [0.2, 0.25) is 5.88 Å². The lowest BCUT2D eigenvalue weighted by Gasteiger charge is -2.28. The molecule has 0 aliphatic carbocycles. The molecule has 0 amide bonds. The molecule has 0 radical (unpaired) electrons. The molecule has 1 atom stereocenters. The fourth-order valence-corrected chi connectivity index (χ4v) is 3.34. The first-order chi connectivity index (χ1) is 12.6. The average molecular weight is 349 g/mol. The van der Waals surface area contributed by atoms with Gasteiger partial charge in [0, 0.05) is 24.1 Å². The molecule has 6 nitrogen and oxygen atoms in total. The van der Waals surface area contributed by atoms with Crippen molar-refractivity contribution in [3.05, 3.63) is 76.5 Å². The zero-order valence-electron chi connectivity index (χ0n) is 14.3.